The molecule has 106 valence electrons. The molecule has 0 radical (unpaired) electrons. The second-order valence-electron chi connectivity index (χ2n) is 4.64. The summed E-state index contributed by atoms with van der Waals surface area (Å²) < 4.78 is 1.81. The van der Waals surface area contributed by atoms with E-state index in [1.165, 1.54) is 6.07 Å². The summed E-state index contributed by atoms with van der Waals surface area (Å²) in [6, 6.07) is 6.81. The Balaban J connectivity index is 1.86. The van der Waals surface area contributed by atoms with Crippen molar-refractivity contribution in [3.05, 3.63) is 64.2 Å². The summed E-state index contributed by atoms with van der Waals surface area (Å²) in [6.45, 7) is 2.23. The van der Waals surface area contributed by atoms with E-state index < -0.39 is 0 Å². The number of para-hydroxylation sites is 1. The lowest BCUT2D eigenvalue weighted by molar-refractivity contribution is -0.384. The highest BCUT2D eigenvalue weighted by Gasteiger charge is 2.15. The quantitative estimate of drug-likeness (QED) is 0.587. The summed E-state index contributed by atoms with van der Waals surface area (Å²) >= 11 is 0. The summed E-state index contributed by atoms with van der Waals surface area (Å²) in [5, 5.41) is 14.2. The number of hydrogen-bond donors (Lipinski definition) is 1. The van der Waals surface area contributed by atoms with Gasteiger partial charge in [-0.25, -0.2) is 9.97 Å². The van der Waals surface area contributed by atoms with E-state index in [2.05, 4.69) is 15.3 Å². The average Bonchev–Trinajstić information content (AvgIpc) is 2.88. The van der Waals surface area contributed by atoms with E-state index in [9.17, 15) is 10.1 Å². The minimum Gasteiger partial charge on any atom is -0.374 e. The van der Waals surface area contributed by atoms with Crippen LogP contribution in [0.4, 0.5) is 11.4 Å². The van der Waals surface area contributed by atoms with Gasteiger partial charge in [-0.3, -0.25) is 14.5 Å². The van der Waals surface area contributed by atoms with E-state index in [0.717, 1.165) is 11.3 Å². The minimum absolute atomic E-state index is 0.0666. The van der Waals surface area contributed by atoms with Crippen LogP contribution in [-0.4, -0.2) is 19.3 Å². The fraction of sp³-hybridized carbons (Fsp3) is 0.143. The number of aryl methyl sites for hydroxylation is 1. The summed E-state index contributed by atoms with van der Waals surface area (Å²) in [5.74, 6) is 0.605. The number of aromatic nitrogens is 3. The number of nitro benzene ring substituents is 1. The van der Waals surface area contributed by atoms with E-state index in [1.54, 1.807) is 12.3 Å². The van der Waals surface area contributed by atoms with Gasteiger partial charge in [0.15, 0.2) is 0 Å². The van der Waals surface area contributed by atoms with Crippen LogP contribution in [0.2, 0.25) is 0 Å². The molecule has 2 aromatic heterocycles. The van der Waals surface area contributed by atoms with Gasteiger partial charge in [0.1, 0.15) is 5.69 Å². The van der Waals surface area contributed by atoms with Gasteiger partial charge in [0, 0.05) is 24.7 Å². The molecule has 3 rings (SSSR count). The van der Waals surface area contributed by atoms with Crippen molar-refractivity contribution in [3.8, 4) is 0 Å². The van der Waals surface area contributed by atoms with Crippen LogP contribution in [0.15, 0.2) is 42.9 Å². The van der Waals surface area contributed by atoms with Crippen molar-refractivity contribution >= 4 is 17.2 Å². The molecule has 0 saturated heterocycles. The molecule has 3 aromatic rings. The summed E-state index contributed by atoms with van der Waals surface area (Å²) in [5.41, 5.74) is 2.18. The number of nitrogens with one attached hydrogen (secondary N) is 1. The van der Waals surface area contributed by atoms with Crippen LogP contribution in [0.3, 0.4) is 0 Å². The van der Waals surface area contributed by atoms with Crippen LogP contribution in [0, 0.1) is 17.0 Å². The molecule has 0 unspecified atom stereocenters. The maximum Gasteiger partial charge on any atom is 0.292 e. The van der Waals surface area contributed by atoms with Crippen LogP contribution in [0.25, 0.3) is 5.78 Å². The highest BCUT2D eigenvalue weighted by molar-refractivity contribution is 5.66. The molecule has 0 atom stereocenters. The predicted octanol–water partition coefficient (Wildman–Crippen LogP) is 2.56. The molecule has 0 spiro atoms. The largest absolute Gasteiger partial charge is 0.374 e. The average molecular weight is 283 g/mol. The van der Waals surface area contributed by atoms with E-state index in [0.29, 0.717) is 18.0 Å². The first-order valence-electron chi connectivity index (χ1n) is 6.41. The molecule has 0 amide bonds. The Morgan fingerprint density at radius 1 is 1.38 bits per heavy atom. The third-order valence-corrected chi connectivity index (χ3v) is 3.18. The Bertz CT molecular complexity index is 779. The number of nitro groups is 1. The molecule has 0 aliphatic heterocycles. The first-order chi connectivity index (χ1) is 10.1. The van der Waals surface area contributed by atoms with Crippen LogP contribution >= 0.6 is 0 Å². The summed E-state index contributed by atoms with van der Waals surface area (Å²) in [6.07, 6.45) is 5.38. The maximum atomic E-state index is 11.1. The highest BCUT2D eigenvalue weighted by atomic mass is 16.6. The zero-order valence-corrected chi connectivity index (χ0v) is 11.4. The van der Waals surface area contributed by atoms with Crippen molar-refractivity contribution in [3.63, 3.8) is 0 Å². The summed E-state index contributed by atoms with van der Waals surface area (Å²) in [7, 11) is 0. The lowest BCUT2D eigenvalue weighted by atomic mass is 10.1. The first-order valence-corrected chi connectivity index (χ1v) is 6.41. The highest BCUT2D eigenvalue weighted by Crippen LogP contribution is 2.27. The van der Waals surface area contributed by atoms with Gasteiger partial charge in [0.05, 0.1) is 17.2 Å². The lowest BCUT2D eigenvalue weighted by Crippen LogP contribution is -2.04. The maximum absolute atomic E-state index is 11.1. The van der Waals surface area contributed by atoms with Gasteiger partial charge in [-0.2, -0.15) is 0 Å². The number of anilines is 1. The topological polar surface area (TPSA) is 85.4 Å². The third kappa shape index (κ3) is 2.53. The fourth-order valence-electron chi connectivity index (χ4n) is 2.18. The van der Waals surface area contributed by atoms with Crippen molar-refractivity contribution in [1.29, 1.82) is 0 Å². The fourth-order valence-corrected chi connectivity index (χ4v) is 2.18. The van der Waals surface area contributed by atoms with Crippen LogP contribution in [-0.2, 0) is 6.54 Å². The van der Waals surface area contributed by atoms with E-state index in [-0.39, 0.29) is 10.6 Å². The van der Waals surface area contributed by atoms with Crippen molar-refractivity contribution in [2.24, 2.45) is 0 Å². The molecule has 0 bridgehead atoms. The number of fused-ring (bicyclic) bond motifs is 1. The minimum atomic E-state index is -0.388. The number of hydrogen-bond acceptors (Lipinski definition) is 5. The Hall–Kier alpha value is -2.96. The number of nitrogens with zero attached hydrogens (tertiary/aromatic N) is 4. The van der Waals surface area contributed by atoms with Crippen molar-refractivity contribution in [2.45, 2.75) is 13.5 Å². The Labute approximate surface area is 120 Å². The lowest BCUT2D eigenvalue weighted by Gasteiger charge is -2.08. The Morgan fingerprint density at radius 3 is 3.00 bits per heavy atom. The van der Waals surface area contributed by atoms with Crippen LogP contribution in [0.5, 0.6) is 0 Å². The summed E-state index contributed by atoms with van der Waals surface area (Å²) in [4.78, 5) is 19.2. The smallest absolute Gasteiger partial charge is 0.292 e. The second-order valence-corrected chi connectivity index (χ2v) is 4.64. The SMILES string of the molecule is Cc1cccc([N+](=O)[O-])c1NCc1cn2cccnc2n1. The molecular formula is C14H13N5O2. The van der Waals surface area contributed by atoms with Gasteiger partial charge < -0.3 is 5.32 Å². The normalized spacial score (nSPS) is 10.7. The number of imidazole rings is 1. The van der Waals surface area contributed by atoms with Crippen LogP contribution in [0.1, 0.15) is 11.3 Å². The predicted molar refractivity (Wildman–Crippen MR) is 78.1 cm³/mol. The van der Waals surface area contributed by atoms with Gasteiger partial charge in [-0.15, -0.1) is 0 Å². The third-order valence-electron chi connectivity index (χ3n) is 3.18. The second kappa shape index (κ2) is 5.20. The molecule has 0 aliphatic carbocycles. The van der Waals surface area contributed by atoms with E-state index in [1.807, 2.05) is 35.9 Å². The molecule has 0 fully saturated rings. The number of benzene rings is 1. The van der Waals surface area contributed by atoms with Gasteiger partial charge in [0.2, 0.25) is 5.78 Å². The van der Waals surface area contributed by atoms with Crippen molar-refractivity contribution < 1.29 is 4.92 Å². The van der Waals surface area contributed by atoms with Gasteiger partial charge in [-0.1, -0.05) is 12.1 Å². The van der Waals surface area contributed by atoms with Crippen LogP contribution < -0.4 is 5.32 Å². The van der Waals surface area contributed by atoms with Crippen molar-refractivity contribution in [2.75, 3.05) is 5.32 Å². The van der Waals surface area contributed by atoms with E-state index >= 15 is 0 Å². The molecule has 1 aromatic carbocycles. The molecule has 0 aliphatic rings. The van der Waals surface area contributed by atoms with Gasteiger partial charge in [-0.05, 0) is 18.6 Å². The van der Waals surface area contributed by atoms with Crippen molar-refractivity contribution in [1.82, 2.24) is 14.4 Å². The Kier molecular flexibility index (Phi) is 3.23. The zero-order valence-electron chi connectivity index (χ0n) is 11.4. The van der Waals surface area contributed by atoms with E-state index in [4.69, 9.17) is 0 Å². The van der Waals surface area contributed by atoms with Gasteiger partial charge in [0.25, 0.3) is 5.69 Å². The monoisotopic (exact) mass is 283 g/mol. The molecule has 2 heterocycles. The molecule has 1 N–H and O–H groups in total. The molecule has 21 heavy (non-hydrogen) atoms. The molecule has 7 nitrogen and oxygen atoms in total. The molecular weight excluding hydrogens is 270 g/mol. The number of rotatable bonds is 4. The zero-order chi connectivity index (χ0) is 14.8. The standard InChI is InChI=1S/C14H13N5O2/c1-10-4-2-5-12(19(20)21)13(10)16-8-11-9-18-7-3-6-15-14(18)17-11/h2-7,9,16H,8H2,1H3. The molecule has 0 saturated carbocycles. The van der Waals surface area contributed by atoms with Gasteiger partial charge >= 0.3 is 0 Å². The first kappa shape index (κ1) is 13.0. The Morgan fingerprint density at radius 2 is 2.24 bits per heavy atom. The molecule has 7 heteroatoms.